The normalized spacial score (nSPS) is 14.0. The van der Waals surface area contributed by atoms with Crippen molar-refractivity contribution in [1.82, 2.24) is 0 Å². The number of nitrogens with two attached hydrogens (primary N) is 1. The predicted molar refractivity (Wildman–Crippen MR) is 80.7 cm³/mol. The van der Waals surface area contributed by atoms with Gasteiger partial charge in [0.15, 0.2) is 0 Å². The predicted octanol–water partition coefficient (Wildman–Crippen LogP) is 2.61. The van der Waals surface area contributed by atoms with Gasteiger partial charge in [-0.15, -0.1) is 0 Å². The Morgan fingerprint density at radius 2 is 1.60 bits per heavy atom. The Kier molecular flexibility index (Phi) is 4.42. The molecule has 2 atom stereocenters. The highest BCUT2D eigenvalue weighted by Crippen LogP contribution is 2.27. The van der Waals surface area contributed by atoms with Gasteiger partial charge in [-0.2, -0.15) is 0 Å². The van der Waals surface area contributed by atoms with Gasteiger partial charge in [-0.05, 0) is 48.2 Å². The van der Waals surface area contributed by atoms with Crippen molar-refractivity contribution in [2.24, 2.45) is 5.73 Å². The standard InChI is InChI=1S/C17H21NO2/c1-11-8-14(19)9-12(2)16(11)17(18)15(20)10-13-6-4-3-5-7-13/h3-9,15,17,19-20H,10,18H2,1-2H3/t15-,17-/m1/s1. The topological polar surface area (TPSA) is 66.5 Å². The summed E-state index contributed by atoms with van der Waals surface area (Å²) in [6.07, 6.45) is -0.138. The Hall–Kier alpha value is -1.84. The highest BCUT2D eigenvalue weighted by atomic mass is 16.3. The lowest BCUT2D eigenvalue weighted by Crippen LogP contribution is -2.29. The summed E-state index contributed by atoms with van der Waals surface area (Å²) in [4.78, 5) is 0. The minimum Gasteiger partial charge on any atom is -0.508 e. The molecule has 0 saturated heterocycles. The van der Waals surface area contributed by atoms with Crippen LogP contribution in [-0.2, 0) is 6.42 Å². The number of aromatic hydroxyl groups is 1. The molecule has 0 aliphatic rings. The van der Waals surface area contributed by atoms with Crippen molar-refractivity contribution in [3.63, 3.8) is 0 Å². The van der Waals surface area contributed by atoms with Crippen LogP contribution in [0.15, 0.2) is 42.5 Å². The zero-order valence-corrected chi connectivity index (χ0v) is 11.9. The lowest BCUT2D eigenvalue weighted by molar-refractivity contribution is 0.144. The van der Waals surface area contributed by atoms with Crippen LogP contribution >= 0.6 is 0 Å². The van der Waals surface area contributed by atoms with E-state index in [1.54, 1.807) is 12.1 Å². The number of aliphatic hydroxyl groups is 1. The first-order valence-corrected chi connectivity index (χ1v) is 6.76. The van der Waals surface area contributed by atoms with Gasteiger partial charge >= 0.3 is 0 Å². The monoisotopic (exact) mass is 271 g/mol. The van der Waals surface area contributed by atoms with Gasteiger partial charge in [-0.25, -0.2) is 0 Å². The molecule has 106 valence electrons. The molecule has 0 bridgehead atoms. The third-order valence-electron chi connectivity index (χ3n) is 3.61. The van der Waals surface area contributed by atoms with Gasteiger partial charge in [0.1, 0.15) is 5.75 Å². The molecule has 3 nitrogen and oxygen atoms in total. The summed E-state index contributed by atoms with van der Waals surface area (Å²) in [6.45, 7) is 3.80. The Morgan fingerprint density at radius 3 is 2.15 bits per heavy atom. The summed E-state index contributed by atoms with van der Waals surface area (Å²) >= 11 is 0. The maximum absolute atomic E-state index is 10.4. The van der Waals surface area contributed by atoms with E-state index in [4.69, 9.17) is 5.73 Å². The molecule has 0 aliphatic heterocycles. The molecule has 2 aromatic carbocycles. The van der Waals surface area contributed by atoms with Gasteiger partial charge in [0.25, 0.3) is 0 Å². The van der Waals surface area contributed by atoms with E-state index in [9.17, 15) is 10.2 Å². The maximum Gasteiger partial charge on any atom is 0.116 e. The molecule has 2 aromatic rings. The van der Waals surface area contributed by atoms with Crippen LogP contribution in [-0.4, -0.2) is 16.3 Å². The molecule has 4 N–H and O–H groups in total. The molecule has 20 heavy (non-hydrogen) atoms. The van der Waals surface area contributed by atoms with Crippen molar-refractivity contribution in [1.29, 1.82) is 0 Å². The number of hydrogen-bond donors (Lipinski definition) is 3. The lowest BCUT2D eigenvalue weighted by Gasteiger charge is -2.23. The molecular formula is C17H21NO2. The van der Waals surface area contributed by atoms with Crippen molar-refractivity contribution in [3.05, 3.63) is 64.7 Å². The highest BCUT2D eigenvalue weighted by Gasteiger charge is 2.21. The van der Waals surface area contributed by atoms with E-state index in [-0.39, 0.29) is 5.75 Å². The Morgan fingerprint density at radius 1 is 1.05 bits per heavy atom. The number of hydrogen-bond acceptors (Lipinski definition) is 3. The fourth-order valence-electron chi connectivity index (χ4n) is 2.65. The van der Waals surface area contributed by atoms with Gasteiger partial charge < -0.3 is 15.9 Å². The van der Waals surface area contributed by atoms with Crippen LogP contribution in [0.2, 0.25) is 0 Å². The SMILES string of the molecule is Cc1cc(O)cc(C)c1[C@H](N)[C@H](O)Cc1ccccc1. The average molecular weight is 271 g/mol. The smallest absolute Gasteiger partial charge is 0.116 e. The summed E-state index contributed by atoms with van der Waals surface area (Å²) in [7, 11) is 0. The first-order chi connectivity index (χ1) is 9.49. The van der Waals surface area contributed by atoms with E-state index in [1.165, 1.54) is 0 Å². The van der Waals surface area contributed by atoms with Crippen molar-refractivity contribution in [2.45, 2.75) is 32.4 Å². The van der Waals surface area contributed by atoms with Crippen LogP contribution in [0.25, 0.3) is 0 Å². The molecule has 3 heteroatoms. The number of aryl methyl sites for hydroxylation is 2. The van der Waals surface area contributed by atoms with Crippen LogP contribution in [0.3, 0.4) is 0 Å². The van der Waals surface area contributed by atoms with Gasteiger partial charge in [0.05, 0.1) is 12.1 Å². The van der Waals surface area contributed by atoms with E-state index in [2.05, 4.69) is 0 Å². The first-order valence-electron chi connectivity index (χ1n) is 6.76. The zero-order valence-electron chi connectivity index (χ0n) is 11.9. The largest absolute Gasteiger partial charge is 0.508 e. The second-order valence-corrected chi connectivity index (χ2v) is 5.28. The molecule has 0 heterocycles. The molecule has 2 rings (SSSR count). The minimum absolute atomic E-state index is 0.230. The number of rotatable bonds is 4. The van der Waals surface area contributed by atoms with Crippen LogP contribution in [0.4, 0.5) is 0 Å². The van der Waals surface area contributed by atoms with Gasteiger partial charge in [0, 0.05) is 6.42 Å². The van der Waals surface area contributed by atoms with Gasteiger partial charge in [0.2, 0.25) is 0 Å². The Balaban J connectivity index is 2.21. The third-order valence-corrected chi connectivity index (χ3v) is 3.61. The van der Waals surface area contributed by atoms with E-state index in [0.29, 0.717) is 6.42 Å². The second kappa shape index (κ2) is 6.07. The zero-order chi connectivity index (χ0) is 14.7. The Labute approximate surface area is 119 Å². The van der Waals surface area contributed by atoms with Crippen LogP contribution < -0.4 is 5.73 Å². The number of aliphatic hydroxyl groups excluding tert-OH is 1. The van der Waals surface area contributed by atoms with E-state index in [1.807, 2.05) is 44.2 Å². The van der Waals surface area contributed by atoms with Crippen molar-refractivity contribution >= 4 is 0 Å². The van der Waals surface area contributed by atoms with E-state index < -0.39 is 12.1 Å². The van der Waals surface area contributed by atoms with Crippen LogP contribution in [0.5, 0.6) is 5.75 Å². The van der Waals surface area contributed by atoms with Crippen LogP contribution in [0, 0.1) is 13.8 Å². The molecule has 0 saturated carbocycles. The molecule has 0 unspecified atom stereocenters. The van der Waals surface area contributed by atoms with Crippen molar-refractivity contribution in [2.75, 3.05) is 0 Å². The second-order valence-electron chi connectivity index (χ2n) is 5.28. The van der Waals surface area contributed by atoms with E-state index in [0.717, 1.165) is 22.3 Å². The molecule has 0 spiro atoms. The summed E-state index contributed by atoms with van der Waals surface area (Å²) < 4.78 is 0. The molecule has 0 aliphatic carbocycles. The van der Waals surface area contributed by atoms with E-state index >= 15 is 0 Å². The lowest BCUT2D eigenvalue weighted by atomic mass is 9.90. The van der Waals surface area contributed by atoms with Gasteiger partial charge in [-0.3, -0.25) is 0 Å². The van der Waals surface area contributed by atoms with Crippen molar-refractivity contribution < 1.29 is 10.2 Å². The number of phenolic OH excluding ortho intramolecular Hbond substituents is 1. The number of phenols is 1. The fraction of sp³-hybridized carbons (Fsp3) is 0.294. The quantitative estimate of drug-likeness (QED) is 0.800. The highest BCUT2D eigenvalue weighted by molar-refractivity contribution is 5.42. The Bertz CT molecular complexity index is 558. The fourth-order valence-corrected chi connectivity index (χ4v) is 2.65. The summed E-state index contributed by atoms with van der Waals surface area (Å²) in [5, 5.41) is 19.9. The maximum atomic E-state index is 10.4. The molecule has 0 radical (unpaired) electrons. The minimum atomic E-state index is -0.653. The van der Waals surface area contributed by atoms with Gasteiger partial charge in [-0.1, -0.05) is 30.3 Å². The molecule has 0 aromatic heterocycles. The molecule has 0 amide bonds. The first kappa shape index (κ1) is 14.6. The number of benzene rings is 2. The summed E-state index contributed by atoms with van der Waals surface area (Å²) in [6, 6.07) is 12.7. The van der Waals surface area contributed by atoms with Crippen LogP contribution in [0.1, 0.15) is 28.3 Å². The summed E-state index contributed by atoms with van der Waals surface area (Å²) in [5.74, 6) is 0.230. The molecule has 0 fully saturated rings. The molecular weight excluding hydrogens is 250 g/mol. The third kappa shape index (κ3) is 3.18. The average Bonchev–Trinajstić information content (AvgIpc) is 2.38. The van der Waals surface area contributed by atoms with Crippen molar-refractivity contribution in [3.8, 4) is 5.75 Å². The summed E-state index contributed by atoms with van der Waals surface area (Å²) in [5.41, 5.74) is 9.98.